The number of aromatic nitrogens is 3. The van der Waals surface area contributed by atoms with Crippen molar-refractivity contribution in [3.05, 3.63) is 89.7 Å². The quantitative estimate of drug-likeness (QED) is 0.336. The van der Waals surface area contributed by atoms with Crippen LogP contribution in [-0.4, -0.2) is 58.1 Å². The zero-order chi connectivity index (χ0) is 27.2. The van der Waals surface area contributed by atoms with Crippen molar-refractivity contribution in [1.29, 1.82) is 0 Å². The highest BCUT2D eigenvalue weighted by molar-refractivity contribution is 5.89. The summed E-state index contributed by atoms with van der Waals surface area (Å²) in [6.45, 7) is 0.989. The van der Waals surface area contributed by atoms with Crippen LogP contribution in [0.4, 0.5) is 4.39 Å². The molecule has 2 amide bonds. The van der Waals surface area contributed by atoms with E-state index in [1.54, 1.807) is 19.2 Å². The molecule has 0 spiro atoms. The number of benzene rings is 3. The maximum absolute atomic E-state index is 14.0. The third-order valence-corrected chi connectivity index (χ3v) is 6.81. The Morgan fingerprint density at radius 2 is 1.90 bits per heavy atom. The zero-order valence-electron chi connectivity index (χ0n) is 21.6. The molecule has 1 aliphatic rings. The fourth-order valence-electron chi connectivity index (χ4n) is 4.74. The van der Waals surface area contributed by atoms with Gasteiger partial charge >= 0.3 is 0 Å². The molecule has 5 rings (SSSR count). The normalized spacial score (nSPS) is 15.7. The van der Waals surface area contributed by atoms with Crippen molar-refractivity contribution in [3.8, 4) is 5.75 Å². The van der Waals surface area contributed by atoms with Crippen molar-refractivity contribution in [2.75, 3.05) is 20.3 Å². The van der Waals surface area contributed by atoms with Crippen molar-refractivity contribution in [2.45, 2.75) is 38.1 Å². The number of ether oxygens (including phenoxy) is 2. The molecule has 1 aromatic heterocycles. The molecule has 3 aromatic carbocycles. The SMILES string of the molecule is COc1ccc(CN(C(=O)Cn2nnc3ccccc32)[C@H](C(=O)NC[C@@H]2CCCO2)c2ccc(F)cc2)cc1. The van der Waals surface area contributed by atoms with Gasteiger partial charge in [-0.05, 0) is 60.4 Å². The molecule has 1 fully saturated rings. The lowest BCUT2D eigenvalue weighted by molar-refractivity contribution is -0.142. The van der Waals surface area contributed by atoms with Gasteiger partial charge in [-0.25, -0.2) is 9.07 Å². The summed E-state index contributed by atoms with van der Waals surface area (Å²) < 4.78 is 26.3. The Hall–Kier alpha value is -4.31. The number of fused-ring (bicyclic) bond motifs is 1. The van der Waals surface area contributed by atoms with Gasteiger partial charge in [0.1, 0.15) is 29.7 Å². The Labute approximate surface area is 225 Å². The van der Waals surface area contributed by atoms with Gasteiger partial charge in [0, 0.05) is 19.7 Å². The molecule has 10 heteroatoms. The number of hydrogen-bond acceptors (Lipinski definition) is 6. The highest BCUT2D eigenvalue weighted by atomic mass is 19.1. The Morgan fingerprint density at radius 3 is 2.62 bits per heavy atom. The molecule has 0 radical (unpaired) electrons. The summed E-state index contributed by atoms with van der Waals surface area (Å²) in [7, 11) is 1.58. The number of amides is 2. The van der Waals surface area contributed by atoms with Crippen molar-refractivity contribution in [3.63, 3.8) is 0 Å². The van der Waals surface area contributed by atoms with E-state index in [9.17, 15) is 14.0 Å². The van der Waals surface area contributed by atoms with Crippen molar-refractivity contribution in [2.24, 2.45) is 0 Å². The van der Waals surface area contributed by atoms with Gasteiger partial charge in [-0.1, -0.05) is 41.6 Å². The van der Waals surface area contributed by atoms with Gasteiger partial charge in [0.25, 0.3) is 0 Å². The molecule has 0 saturated carbocycles. The van der Waals surface area contributed by atoms with Gasteiger partial charge in [0.2, 0.25) is 11.8 Å². The van der Waals surface area contributed by atoms with Gasteiger partial charge in [-0.3, -0.25) is 9.59 Å². The second kappa shape index (κ2) is 12.0. The number of methoxy groups -OCH3 is 1. The Bertz CT molecular complexity index is 1420. The summed E-state index contributed by atoms with van der Waals surface area (Å²) in [5.41, 5.74) is 2.66. The van der Waals surface area contributed by atoms with Crippen molar-refractivity contribution < 1.29 is 23.5 Å². The number of hydrogen-bond donors (Lipinski definition) is 1. The molecule has 0 aliphatic carbocycles. The van der Waals surface area contributed by atoms with Crippen LogP contribution in [-0.2, 0) is 27.4 Å². The molecular weight excluding hydrogens is 501 g/mol. The number of carbonyl (C=O) groups excluding carboxylic acids is 2. The molecule has 202 valence electrons. The maximum atomic E-state index is 14.0. The Balaban J connectivity index is 1.49. The van der Waals surface area contributed by atoms with Gasteiger partial charge in [0.15, 0.2) is 0 Å². The Morgan fingerprint density at radius 1 is 1.13 bits per heavy atom. The van der Waals surface area contributed by atoms with Crippen LogP contribution in [0.15, 0.2) is 72.8 Å². The zero-order valence-corrected chi connectivity index (χ0v) is 21.6. The predicted molar refractivity (Wildman–Crippen MR) is 142 cm³/mol. The summed E-state index contributed by atoms with van der Waals surface area (Å²) in [5, 5.41) is 11.3. The van der Waals surface area contributed by atoms with Crippen LogP contribution in [0.1, 0.15) is 30.0 Å². The fourth-order valence-corrected chi connectivity index (χ4v) is 4.74. The van der Waals surface area contributed by atoms with Crippen molar-refractivity contribution in [1.82, 2.24) is 25.2 Å². The van der Waals surface area contributed by atoms with Crippen LogP contribution >= 0.6 is 0 Å². The third kappa shape index (κ3) is 6.23. The summed E-state index contributed by atoms with van der Waals surface area (Å²) in [4.78, 5) is 29.2. The first-order valence-electron chi connectivity index (χ1n) is 12.9. The lowest BCUT2D eigenvalue weighted by Crippen LogP contribution is -2.46. The second-order valence-corrected chi connectivity index (χ2v) is 9.44. The molecule has 9 nitrogen and oxygen atoms in total. The molecule has 4 aromatic rings. The lowest BCUT2D eigenvalue weighted by Gasteiger charge is -2.32. The molecular formula is C29H30FN5O4. The predicted octanol–water partition coefficient (Wildman–Crippen LogP) is 3.64. The summed E-state index contributed by atoms with van der Waals surface area (Å²) in [6, 6.07) is 19.3. The molecule has 2 atom stereocenters. The highest BCUT2D eigenvalue weighted by Gasteiger charge is 2.33. The molecule has 1 aliphatic heterocycles. The molecule has 0 unspecified atom stereocenters. The van der Waals surface area contributed by atoms with Crippen LogP contribution < -0.4 is 10.1 Å². The first-order valence-corrected chi connectivity index (χ1v) is 12.9. The number of rotatable bonds is 10. The number of carbonyl (C=O) groups is 2. The van der Waals surface area contributed by atoms with E-state index in [0.717, 1.165) is 18.4 Å². The molecule has 1 saturated heterocycles. The monoisotopic (exact) mass is 531 g/mol. The smallest absolute Gasteiger partial charge is 0.247 e. The minimum atomic E-state index is -1.02. The molecule has 39 heavy (non-hydrogen) atoms. The number of halogens is 1. The van der Waals surface area contributed by atoms with E-state index in [0.29, 0.717) is 35.5 Å². The van der Waals surface area contributed by atoms with Gasteiger partial charge in [-0.15, -0.1) is 5.10 Å². The first-order chi connectivity index (χ1) is 19.0. The van der Waals surface area contributed by atoms with Crippen LogP contribution in [0.2, 0.25) is 0 Å². The minimum Gasteiger partial charge on any atom is -0.497 e. The average molecular weight is 532 g/mol. The standard InChI is InChI=1S/C29H30FN5O4/c1-38-23-14-8-20(9-15-23)18-34(27(36)19-35-26-7-3-2-6-25(26)32-33-35)28(21-10-12-22(30)13-11-21)29(37)31-17-24-5-4-16-39-24/h2-3,6-15,24,28H,4-5,16-19H2,1H3,(H,31,37)/t24-,28-/m0/s1. The highest BCUT2D eigenvalue weighted by Crippen LogP contribution is 2.26. The van der Waals surface area contributed by atoms with Crippen LogP contribution in [0.3, 0.4) is 0 Å². The second-order valence-electron chi connectivity index (χ2n) is 9.44. The largest absolute Gasteiger partial charge is 0.497 e. The van der Waals surface area contributed by atoms with Gasteiger partial charge < -0.3 is 19.7 Å². The lowest BCUT2D eigenvalue weighted by atomic mass is 10.0. The van der Waals surface area contributed by atoms with Gasteiger partial charge in [-0.2, -0.15) is 0 Å². The summed E-state index contributed by atoms with van der Waals surface area (Å²) >= 11 is 0. The average Bonchev–Trinajstić information content (AvgIpc) is 3.63. The fraction of sp³-hybridized carbons (Fsp3) is 0.310. The third-order valence-electron chi connectivity index (χ3n) is 6.81. The topological polar surface area (TPSA) is 98.6 Å². The molecule has 2 heterocycles. The van der Waals surface area contributed by atoms with Gasteiger partial charge in [0.05, 0.1) is 18.7 Å². The Kier molecular flexibility index (Phi) is 8.12. The maximum Gasteiger partial charge on any atom is 0.247 e. The van der Waals surface area contributed by atoms with Crippen LogP contribution in [0, 0.1) is 5.82 Å². The molecule has 1 N–H and O–H groups in total. The van der Waals surface area contributed by atoms with E-state index < -0.39 is 11.9 Å². The van der Waals surface area contributed by atoms with E-state index in [1.807, 2.05) is 36.4 Å². The van der Waals surface area contributed by atoms with Crippen molar-refractivity contribution >= 4 is 22.8 Å². The van der Waals surface area contributed by atoms with E-state index >= 15 is 0 Å². The first kappa shape index (κ1) is 26.3. The number of para-hydroxylation sites is 1. The molecule has 0 bridgehead atoms. The summed E-state index contributed by atoms with van der Waals surface area (Å²) in [6.07, 6.45) is 1.72. The van der Waals surface area contributed by atoms with E-state index in [2.05, 4.69) is 15.6 Å². The minimum absolute atomic E-state index is 0.0740. The number of nitrogens with zero attached hydrogens (tertiary/aromatic N) is 4. The summed E-state index contributed by atoms with van der Waals surface area (Å²) in [5.74, 6) is -0.472. The van der Waals surface area contributed by atoms with E-state index in [4.69, 9.17) is 9.47 Å². The van der Waals surface area contributed by atoms with E-state index in [1.165, 1.54) is 33.8 Å². The van der Waals surface area contributed by atoms with Crippen LogP contribution in [0.25, 0.3) is 11.0 Å². The van der Waals surface area contributed by atoms with Crippen LogP contribution in [0.5, 0.6) is 5.75 Å². The number of nitrogens with one attached hydrogen (secondary N) is 1. The van der Waals surface area contributed by atoms with E-state index in [-0.39, 0.29) is 31.0 Å².